The summed E-state index contributed by atoms with van der Waals surface area (Å²) in [6.07, 6.45) is 6.52. The van der Waals surface area contributed by atoms with Crippen molar-refractivity contribution >= 4 is 11.6 Å². The number of carbonyl (C=O) groups excluding carboxylic acids is 2. The number of carbonyl (C=O) groups is 2. The molecule has 4 aliphatic rings. The predicted molar refractivity (Wildman–Crippen MR) is 85.7 cm³/mol. The van der Waals surface area contributed by atoms with E-state index in [9.17, 15) is 9.59 Å². The van der Waals surface area contributed by atoms with Crippen molar-refractivity contribution in [2.45, 2.75) is 39.5 Å². The maximum Gasteiger partial charge on any atom is 0.152 e. The number of hydrogen-bond donors (Lipinski definition) is 0. The molecule has 114 valence electrons. The maximum atomic E-state index is 13.1. The molecule has 4 unspecified atom stereocenters. The van der Waals surface area contributed by atoms with E-state index < -0.39 is 5.92 Å². The lowest BCUT2D eigenvalue weighted by atomic mass is 9.63. The first-order valence-corrected chi connectivity index (χ1v) is 8.32. The fourth-order valence-corrected chi connectivity index (χ4v) is 5.23. The van der Waals surface area contributed by atoms with E-state index in [1.54, 1.807) is 0 Å². The van der Waals surface area contributed by atoms with Gasteiger partial charge in [-0.2, -0.15) is 0 Å². The molecule has 4 atom stereocenters. The zero-order valence-corrected chi connectivity index (χ0v) is 13.4. The number of Topliss-reactive ketones (excluding diaryl/α,β-unsaturated/α-hetero) is 2. The van der Waals surface area contributed by atoms with Crippen LogP contribution in [0.3, 0.4) is 0 Å². The second kappa shape index (κ2) is 4.65. The van der Waals surface area contributed by atoms with Gasteiger partial charge < -0.3 is 0 Å². The number of hydrogen-bond acceptors (Lipinski definition) is 2. The van der Waals surface area contributed by atoms with Gasteiger partial charge in [-0.05, 0) is 62.1 Å². The molecule has 1 aromatic rings. The molecular weight excluding hydrogens is 272 g/mol. The van der Waals surface area contributed by atoms with Crippen molar-refractivity contribution in [1.82, 2.24) is 0 Å². The number of allylic oxidation sites excluding steroid dienone is 2. The molecule has 0 aromatic heterocycles. The summed E-state index contributed by atoms with van der Waals surface area (Å²) < 4.78 is 0. The minimum Gasteiger partial charge on any atom is -0.298 e. The fraction of sp³-hybridized carbons (Fsp3) is 0.500. The molecule has 2 heteroatoms. The van der Waals surface area contributed by atoms with Crippen LogP contribution in [-0.4, -0.2) is 11.6 Å². The van der Waals surface area contributed by atoms with Crippen LogP contribution in [0, 0.1) is 44.4 Å². The average molecular weight is 294 g/mol. The zero-order valence-electron chi connectivity index (χ0n) is 13.4. The molecule has 0 amide bonds. The normalized spacial score (nSPS) is 36.0. The van der Waals surface area contributed by atoms with Gasteiger partial charge in [-0.3, -0.25) is 9.59 Å². The van der Waals surface area contributed by atoms with Crippen LogP contribution in [0.15, 0.2) is 24.3 Å². The van der Waals surface area contributed by atoms with E-state index in [0.717, 1.165) is 29.5 Å². The SMILES string of the molecule is Cc1cc(C)c(C2C(=O)C3C4C=CC(CC4)C3C2=O)c(C)c1. The summed E-state index contributed by atoms with van der Waals surface area (Å²) in [6, 6.07) is 4.19. The Morgan fingerprint density at radius 1 is 0.818 bits per heavy atom. The third-order valence-corrected chi connectivity index (χ3v) is 6.00. The largest absolute Gasteiger partial charge is 0.298 e. The van der Waals surface area contributed by atoms with Crippen molar-refractivity contribution in [2.75, 3.05) is 0 Å². The molecule has 4 aliphatic carbocycles. The van der Waals surface area contributed by atoms with Crippen LogP contribution >= 0.6 is 0 Å². The van der Waals surface area contributed by atoms with Crippen molar-refractivity contribution in [3.05, 3.63) is 46.5 Å². The van der Waals surface area contributed by atoms with E-state index in [4.69, 9.17) is 0 Å². The van der Waals surface area contributed by atoms with E-state index in [-0.39, 0.29) is 23.4 Å². The summed E-state index contributed by atoms with van der Waals surface area (Å²) in [4.78, 5) is 26.2. The third kappa shape index (κ3) is 1.73. The van der Waals surface area contributed by atoms with E-state index >= 15 is 0 Å². The number of benzene rings is 1. The Kier molecular flexibility index (Phi) is 2.94. The van der Waals surface area contributed by atoms with Gasteiger partial charge in [-0.25, -0.2) is 0 Å². The summed E-state index contributed by atoms with van der Waals surface area (Å²) >= 11 is 0. The van der Waals surface area contributed by atoms with Gasteiger partial charge in [0.2, 0.25) is 0 Å². The van der Waals surface area contributed by atoms with Crippen LogP contribution in [0.4, 0.5) is 0 Å². The lowest BCUT2D eigenvalue weighted by Crippen LogP contribution is -2.38. The van der Waals surface area contributed by atoms with Crippen molar-refractivity contribution in [2.24, 2.45) is 23.7 Å². The highest BCUT2D eigenvalue weighted by atomic mass is 16.2. The van der Waals surface area contributed by atoms with E-state index in [1.165, 1.54) is 5.56 Å². The molecule has 5 rings (SSSR count). The smallest absolute Gasteiger partial charge is 0.152 e. The molecule has 0 radical (unpaired) electrons. The molecular formula is C20H22O2. The van der Waals surface area contributed by atoms with Crippen molar-refractivity contribution in [3.8, 4) is 0 Å². The van der Waals surface area contributed by atoms with Gasteiger partial charge in [0.1, 0.15) is 5.92 Å². The van der Waals surface area contributed by atoms with Gasteiger partial charge in [-0.15, -0.1) is 0 Å². The highest BCUT2D eigenvalue weighted by Gasteiger charge is 2.57. The predicted octanol–water partition coefficient (Wildman–Crippen LogP) is 3.68. The minimum atomic E-state index is -0.515. The minimum absolute atomic E-state index is 0.0543. The fourth-order valence-electron chi connectivity index (χ4n) is 5.23. The number of rotatable bonds is 1. The van der Waals surface area contributed by atoms with Crippen LogP contribution in [0.25, 0.3) is 0 Å². The van der Waals surface area contributed by atoms with Crippen LogP contribution in [0.1, 0.15) is 41.0 Å². The number of ketones is 2. The van der Waals surface area contributed by atoms with Gasteiger partial charge in [0.25, 0.3) is 0 Å². The monoisotopic (exact) mass is 294 g/mol. The second-order valence-electron chi connectivity index (χ2n) is 7.39. The number of aryl methyl sites for hydroxylation is 3. The third-order valence-electron chi connectivity index (χ3n) is 6.00. The van der Waals surface area contributed by atoms with Crippen molar-refractivity contribution in [1.29, 1.82) is 0 Å². The van der Waals surface area contributed by atoms with E-state index in [1.807, 2.05) is 13.8 Å². The van der Waals surface area contributed by atoms with Crippen LogP contribution in [0.5, 0.6) is 0 Å². The molecule has 0 saturated heterocycles. The van der Waals surface area contributed by atoms with E-state index in [2.05, 4.69) is 31.2 Å². The van der Waals surface area contributed by atoms with E-state index in [0.29, 0.717) is 11.8 Å². The maximum absolute atomic E-state index is 13.1. The van der Waals surface area contributed by atoms with Gasteiger partial charge >= 0.3 is 0 Å². The van der Waals surface area contributed by atoms with Gasteiger partial charge in [0.15, 0.2) is 11.6 Å². The van der Waals surface area contributed by atoms with Crippen LogP contribution < -0.4 is 0 Å². The molecule has 1 aromatic carbocycles. The molecule has 22 heavy (non-hydrogen) atoms. The first kappa shape index (κ1) is 13.9. The molecule has 0 N–H and O–H groups in total. The molecule has 0 heterocycles. The highest BCUT2D eigenvalue weighted by molar-refractivity contribution is 6.16. The quantitative estimate of drug-likeness (QED) is 0.585. The standard InChI is InChI=1S/C20H22O2/c1-10-8-11(2)15(12(3)9-10)18-19(21)16-13-4-5-14(7-6-13)17(16)20(18)22/h4-5,8-9,13-14,16-18H,6-7H2,1-3H3. The second-order valence-corrected chi connectivity index (χ2v) is 7.39. The molecule has 2 fully saturated rings. The Hall–Kier alpha value is -1.70. The van der Waals surface area contributed by atoms with Crippen molar-refractivity contribution < 1.29 is 9.59 Å². The molecule has 0 spiro atoms. The summed E-state index contributed by atoms with van der Waals surface area (Å²) in [5.41, 5.74) is 4.34. The number of fused-ring (bicyclic) bond motifs is 1. The van der Waals surface area contributed by atoms with Crippen LogP contribution in [-0.2, 0) is 9.59 Å². The first-order chi connectivity index (χ1) is 10.5. The summed E-state index contributed by atoms with van der Waals surface area (Å²) in [6.45, 7) is 6.13. The topological polar surface area (TPSA) is 34.1 Å². The molecule has 0 aliphatic heterocycles. The highest BCUT2D eigenvalue weighted by Crippen LogP contribution is 2.53. The lowest BCUT2D eigenvalue weighted by molar-refractivity contribution is -0.125. The Bertz CT molecular complexity index is 657. The molecule has 2 bridgehead atoms. The van der Waals surface area contributed by atoms with Gasteiger partial charge in [0.05, 0.1) is 0 Å². The lowest BCUT2D eigenvalue weighted by Gasteiger charge is -2.39. The Labute approximate surface area is 131 Å². The van der Waals surface area contributed by atoms with Gasteiger partial charge in [-0.1, -0.05) is 29.8 Å². The summed E-state index contributed by atoms with van der Waals surface area (Å²) in [5.74, 6) is 0.333. The Morgan fingerprint density at radius 3 is 1.68 bits per heavy atom. The average Bonchev–Trinajstić information content (AvgIpc) is 2.75. The molecule has 2 nitrogen and oxygen atoms in total. The zero-order chi connectivity index (χ0) is 15.6. The molecule has 2 saturated carbocycles. The summed E-state index contributed by atoms with van der Waals surface area (Å²) in [7, 11) is 0. The van der Waals surface area contributed by atoms with Gasteiger partial charge in [0, 0.05) is 11.8 Å². The Balaban J connectivity index is 1.82. The van der Waals surface area contributed by atoms with Crippen LogP contribution in [0.2, 0.25) is 0 Å². The Morgan fingerprint density at radius 2 is 1.27 bits per heavy atom. The van der Waals surface area contributed by atoms with Crippen molar-refractivity contribution in [3.63, 3.8) is 0 Å². The summed E-state index contributed by atoms with van der Waals surface area (Å²) in [5, 5.41) is 0. The first-order valence-electron chi connectivity index (χ1n) is 8.32.